The fourth-order valence-corrected chi connectivity index (χ4v) is 3.33. The first-order chi connectivity index (χ1) is 10.9. The monoisotopic (exact) mass is 317 g/mol. The summed E-state index contributed by atoms with van der Waals surface area (Å²) in [6.07, 6.45) is 1.01. The van der Waals surface area contributed by atoms with E-state index in [-0.39, 0.29) is 24.5 Å². The van der Waals surface area contributed by atoms with Gasteiger partial charge in [-0.15, -0.1) is 0 Å². The molecule has 9 heteroatoms. The predicted octanol–water partition coefficient (Wildman–Crippen LogP) is 1.96. The molecular formula is C14H19N7O2. The van der Waals surface area contributed by atoms with Crippen LogP contribution in [0.25, 0.3) is 16.0 Å². The van der Waals surface area contributed by atoms with Gasteiger partial charge in [-0.05, 0) is 35.9 Å². The molecule has 0 saturated carbocycles. The van der Waals surface area contributed by atoms with E-state index in [4.69, 9.17) is 16.0 Å². The van der Waals surface area contributed by atoms with Gasteiger partial charge in [0.25, 0.3) is 0 Å². The van der Waals surface area contributed by atoms with Crippen LogP contribution in [0.4, 0.5) is 5.82 Å². The number of ether oxygens (including phenoxy) is 1. The Morgan fingerprint density at radius 2 is 2.30 bits per heavy atom. The molecule has 2 aromatic rings. The summed E-state index contributed by atoms with van der Waals surface area (Å²) in [5, 5.41) is 17.7. The summed E-state index contributed by atoms with van der Waals surface area (Å²) < 4.78 is 7.72. The number of aliphatic hydroxyl groups is 1. The Labute approximate surface area is 132 Å². The molecule has 0 radical (unpaired) electrons. The van der Waals surface area contributed by atoms with Gasteiger partial charge < -0.3 is 15.6 Å². The Morgan fingerprint density at radius 1 is 1.57 bits per heavy atom. The Kier molecular flexibility index (Phi) is 3.63. The van der Waals surface area contributed by atoms with Crippen molar-refractivity contribution in [2.45, 2.75) is 32.6 Å². The third-order valence-corrected chi connectivity index (χ3v) is 4.84. The lowest BCUT2D eigenvalue weighted by molar-refractivity contribution is -0.0865. The molecule has 2 aromatic heterocycles. The van der Waals surface area contributed by atoms with Crippen molar-refractivity contribution in [2.75, 3.05) is 12.3 Å². The molecule has 1 saturated heterocycles. The summed E-state index contributed by atoms with van der Waals surface area (Å²) in [6.45, 7) is 5.45. The highest BCUT2D eigenvalue weighted by Gasteiger charge is 2.51. The van der Waals surface area contributed by atoms with Gasteiger partial charge in [-0.2, -0.15) is 5.10 Å². The van der Waals surface area contributed by atoms with Crippen molar-refractivity contribution >= 4 is 11.3 Å². The average Bonchev–Trinajstić information content (AvgIpc) is 2.99. The number of hydrogen-bond donors (Lipinski definition) is 2. The van der Waals surface area contributed by atoms with Crippen molar-refractivity contribution in [3.8, 4) is 0 Å². The van der Waals surface area contributed by atoms with Crippen LogP contribution in [0, 0.1) is 18.8 Å². The van der Waals surface area contributed by atoms with Crippen LogP contribution in [0.1, 0.15) is 31.2 Å². The molecule has 0 amide bonds. The number of aryl methyl sites for hydroxylation is 1. The van der Waals surface area contributed by atoms with Crippen molar-refractivity contribution in [2.24, 2.45) is 17.0 Å². The van der Waals surface area contributed by atoms with Gasteiger partial charge in [0.05, 0.1) is 12.3 Å². The molecule has 122 valence electrons. The van der Waals surface area contributed by atoms with E-state index in [1.54, 1.807) is 4.52 Å². The van der Waals surface area contributed by atoms with E-state index >= 15 is 0 Å². The fraction of sp³-hybridized carbons (Fsp3) is 0.571. The highest BCUT2D eigenvalue weighted by molar-refractivity contribution is 5.70. The lowest BCUT2D eigenvalue weighted by Crippen LogP contribution is -2.36. The number of aliphatic hydroxyl groups excluding tert-OH is 1. The number of azide groups is 1. The third-order valence-electron chi connectivity index (χ3n) is 4.84. The highest BCUT2D eigenvalue weighted by Crippen LogP contribution is 2.49. The van der Waals surface area contributed by atoms with E-state index in [1.165, 1.54) is 6.33 Å². The zero-order valence-corrected chi connectivity index (χ0v) is 13.2. The van der Waals surface area contributed by atoms with Crippen LogP contribution >= 0.6 is 0 Å². The van der Waals surface area contributed by atoms with Crippen molar-refractivity contribution in [3.05, 3.63) is 34.1 Å². The Balaban J connectivity index is 2.13. The molecule has 0 bridgehead atoms. The highest BCUT2D eigenvalue weighted by atomic mass is 16.5. The maximum Gasteiger partial charge on any atom is 0.173 e. The minimum absolute atomic E-state index is 0.0151. The van der Waals surface area contributed by atoms with Crippen molar-refractivity contribution in [1.82, 2.24) is 14.6 Å². The smallest absolute Gasteiger partial charge is 0.173 e. The zero-order valence-electron chi connectivity index (χ0n) is 13.2. The van der Waals surface area contributed by atoms with Gasteiger partial charge in [0.1, 0.15) is 17.9 Å². The second kappa shape index (κ2) is 5.38. The van der Waals surface area contributed by atoms with Crippen molar-refractivity contribution < 1.29 is 9.84 Å². The van der Waals surface area contributed by atoms with Gasteiger partial charge in [0.15, 0.2) is 11.5 Å². The summed E-state index contributed by atoms with van der Waals surface area (Å²) in [5.74, 6) is 0.255. The molecule has 23 heavy (non-hydrogen) atoms. The molecule has 3 N–H and O–H groups in total. The van der Waals surface area contributed by atoms with E-state index in [0.29, 0.717) is 5.82 Å². The normalized spacial score (nSPS) is 30.5. The largest absolute Gasteiger partial charge is 0.393 e. The first-order valence-electron chi connectivity index (χ1n) is 7.39. The van der Waals surface area contributed by atoms with Crippen molar-refractivity contribution in [3.63, 3.8) is 0 Å². The SMILES string of the molecule is Cc1cc([C@@H]2O[C@@](CO)(N=[N+]=[N-])[C@@H](C)[C@H]2C)n2ncnc(N)c12. The summed E-state index contributed by atoms with van der Waals surface area (Å²) in [5.41, 5.74) is 16.0. The standard InChI is InChI=1S/C14H19N7O2/c1-7-4-10(21-11(7)13(15)17-6-18-21)12-8(2)9(3)14(5-22,23-12)19-20-16/h4,6,8-9,12,22H,5H2,1-3H3,(H2,15,17,18)/t8-,9+,12-,14-/m1/s1. The summed E-state index contributed by atoms with van der Waals surface area (Å²) in [7, 11) is 0. The number of fused-ring (bicyclic) bond motifs is 1. The lowest BCUT2D eigenvalue weighted by atomic mass is 9.86. The van der Waals surface area contributed by atoms with Crippen LogP contribution in [0.3, 0.4) is 0 Å². The van der Waals surface area contributed by atoms with Gasteiger partial charge in [0, 0.05) is 4.91 Å². The van der Waals surface area contributed by atoms with Crippen molar-refractivity contribution in [1.29, 1.82) is 0 Å². The maximum atomic E-state index is 9.72. The number of hydrogen-bond acceptors (Lipinski definition) is 6. The molecule has 1 fully saturated rings. The Bertz CT molecular complexity index is 798. The fourth-order valence-electron chi connectivity index (χ4n) is 3.33. The molecule has 0 spiro atoms. The maximum absolute atomic E-state index is 9.72. The summed E-state index contributed by atoms with van der Waals surface area (Å²) in [4.78, 5) is 6.86. The van der Waals surface area contributed by atoms with E-state index < -0.39 is 5.72 Å². The number of nitrogen functional groups attached to an aromatic ring is 1. The quantitative estimate of drug-likeness (QED) is 0.507. The first-order valence-corrected chi connectivity index (χ1v) is 7.39. The Hall–Kier alpha value is -2.35. The van der Waals surface area contributed by atoms with E-state index in [9.17, 15) is 5.11 Å². The number of nitrogens with zero attached hydrogens (tertiary/aromatic N) is 6. The molecule has 1 aliphatic heterocycles. The van der Waals surface area contributed by atoms with E-state index in [2.05, 4.69) is 20.1 Å². The minimum atomic E-state index is -1.27. The predicted molar refractivity (Wildman–Crippen MR) is 83.3 cm³/mol. The van der Waals surface area contributed by atoms with Crippen LogP contribution in [0.15, 0.2) is 17.5 Å². The zero-order chi connectivity index (χ0) is 16.8. The number of nitrogens with two attached hydrogens (primary N) is 1. The average molecular weight is 317 g/mol. The second-order valence-electron chi connectivity index (χ2n) is 6.04. The van der Waals surface area contributed by atoms with Crippen LogP contribution in [0.5, 0.6) is 0 Å². The number of rotatable bonds is 3. The summed E-state index contributed by atoms with van der Waals surface area (Å²) >= 11 is 0. The molecule has 1 aliphatic rings. The van der Waals surface area contributed by atoms with E-state index in [1.807, 2.05) is 26.8 Å². The van der Waals surface area contributed by atoms with Gasteiger partial charge in [0.2, 0.25) is 0 Å². The minimum Gasteiger partial charge on any atom is -0.393 e. The molecule has 0 aliphatic carbocycles. The second-order valence-corrected chi connectivity index (χ2v) is 6.04. The molecule has 9 nitrogen and oxygen atoms in total. The van der Waals surface area contributed by atoms with Crippen LogP contribution < -0.4 is 5.73 Å². The van der Waals surface area contributed by atoms with Crippen LogP contribution in [-0.4, -0.2) is 32.0 Å². The molecule has 3 rings (SSSR count). The molecule has 0 aromatic carbocycles. The van der Waals surface area contributed by atoms with Crippen LogP contribution in [0.2, 0.25) is 0 Å². The van der Waals surface area contributed by atoms with Gasteiger partial charge in [-0.25, -0.2) is 9.50 Å². The topological polar surface area (TPSA) is 134 Å². The third kappa shape index (κ3) is 2.13. The number of anilines is 1. The summed E-state index contributed by atoms with van der Waals surface area (Å²) in [6, 6.07) is 1.94. The molecule has 3 heterocycles. The lowest BCUT2D eigenvalue weighted by Gasteiger charge is -2.25. The Morgan fingerprint density at radius 3 is 2.96 bits per heavy atom. The van der Waals surface area contributed by atoms with Gasteiger partial charge in [-0.3, -0.25) is 0 Å². The van der Waals surface area contributed by atoms with Crippen LogP contribution in [-0.2, 0) is 4.74 Å². The number of aromatic nitrogens is 3. The molecule has 0 unspecified atom stereocenters. The first kappa shape index (κ1) is 15.5. The van der Waals surface area contributed by atoms with Gasteiger partial charge in [-0.1, -0.05) is 19.0 Å². The molecule has 4 atom stereocenters. The van der Waals surface area contributed by atoms with Gasteiger partial charge >= 0.3 is 0 Å². The van der Waals surface area contributed by atoms with E-state index in [0.717, 1.165) is 16.8 Å². The molecular weight excluding hydrogens is 298 g/mol.